The van der Waals surface area contributed by atoms with Crippen LogP contribution >= 0.6 is 0 Å². The number of fused-ring (bicyclic) bond motifs is 1. The first kappa shape index (κ1) is 19.3. The zero-order valence-electron chi connectivity index (χ0n) is 14.4. The summed E-state index contributed by atoms with van der Waals surface area (Å²) in [4.78, 5) is 22.4. The number of nitrogens with one attached hydrogen (secondary N) is 1. The molecule has 28 heavy (non-hydrogen) atoms. The molecule has 0 heterocycles. The number of benzene rings is 3. The van der Waals surface area contributed by atoms with Gasteiger partial charge in [-0.25, -0.2) is 0 Å². The first-order valence-corrected chi connectivity index (χ1v) is 9.31. The average molecular weight is 402 g/mol. The maximum absolute atomic E-state index is 12.5. The largest absolute Gasteiger partial charge is 0.506 e. The third kappa shape index (κ3) is 3.77. The third-order valence-corrected chi connectivity index (χ3v) is 4.93. The highest BCUT2D eigenvalue weighted by Crippen LogP contribution is 2.30. The topological polar surface area (TPSA) is 147 Å². The number of nitrogens with zero attached hydrogens (tertiary/aromatic N) is 1. The van der Waals surface area contributed by atoms with Crippen molar-refractivity contribution < 1.29 is 27.8 Å². The molecule has 0 saturated heterocycles. The van der Waals surface area contributed by atoms with Gasteiger partial charge in [-0.2, -0.15) is 8.42 Å². The van der Waals surface area contributed by atoms with Crippen LogP contribution < -0.4 is 5.32 Å². The van der Waals surface area contributed by atoms with Crippen LogP contribution in [0.4, 0.5) is 11.4 Å². The highest BCUT2D eigenvalue weighted by atomic mass is 32.2. The van der Waals surface area contributed by atoms with Crippen molar-refractivity contribution in [2.75, 3.05) is 5.32 Å². The van der Waals surface area contributed by atoms with E-state index in [1.54, 1.807) is 6.92 Å². The van der Waals surface area contributed by atoms with Crippen molar-refractivity contribution in [2.24, 2.45) is 0 Å². The molecule has 0 aliphatic rings. The van der Waals surface area contributed by atoms with Gasteiger partial charge in [-0.05, 0) is 53.6 Å². The molecule has 10 heteroatoms. The third-order valence-electron chi connectivity index (χ3n) is 4.05. The molecule has 0 atom stereocenters. The Morgan fingerprint density at radius 3 is 2.43 bits per heavy atom. The number of nitro benzene ring substituents is 1. The Bertz CT molecular complexity index is 1240. The molecule has 9 nitrogen and oxygen atoms in total. The maximum Gasteiger partial charge on any atom is 0.298 e. The van der Waals surface area contributed by atoms with Crippen LogP contribution in [0.5, 0.6) is 5.75 Å². The van der Waals surface area contributed by atoms with Crippen LogP contribution in [0.2, 0.25) is 0 Å². The predicted molar refractivity (Wildman–Crippen MR) is 101 cm³/mol. The summed E-state index contributed by atoms with van der Waals surface area (Å²) in [6.45, 7) is 1.70. The van der Waals surface area contributed by atoms with Gasteiger partial charge in [0.25, 0.3) is 21.7 Å². The molecule has 1 amide bonds. The van der Waals surface area contributed by atoms with E-state index in [1.807, 2.05) is 0 Å². The molecule has 0 aliphatic heterocycles. The average Bonchev–Trinajstić information content (AvgIpc) is 2.59. The van der Waals surface area contributed by atoms with E-state index in [1.165, 1.54) is 36.4 Å². The number of hydrogen-bond acceptors (Lipinski definition) is 6. The molecular formula is C18H14N2O7S. The van der Waals surface area contributed by atoms with Gasteiger partial charge in [-0.1, -0.05) is 12.1 Å². The van der Waals surface area contributed by atoms with Crippen molar-refractivity contribution in [1.29, 1.82) is 0 Å². The Kier molecular flexibility index (Phi) is 4.75. The second kappa shape index (κ2) is 6.91. The second-order valence-corrected chi connectivity index (χ2v) is 7.48. The fourth-order valence-corrected chi connectivity index (χ4v) is 3.34. The molecule has 0 spiro atoms. The summed E-state index contributed by atoms with van der Waals surface area (Å²) in [6, 6.07) is 10.8. The Balaban J connectivity index is 1.99. The molecule has 0 bridgehead atoms. The van der Waals surface area contributed by atoms with Gasteiger partial charge in [0, 0.05) is 11.8 Å². The first-order valence-electron chi connectivity index (χ1n) is 7.87. The lowest BCUT2D eigenvalue weighted by Crippen LogP contribution is -2.14. The van der Waals surface area contributed by atoms with E-state index >= 15 is 0 Å². The lowest BCUT2D eigenvalue weighted by atomic mass is 10.1. The van der Waals surface area contributed by atoms with Crippen LogP contribution in [-0.4, -0.2) is 28.9 Å². The summed E-state index contributed by atoms with van der Waals surface area (Å²) in [5, 5.41) is 24.3. The molecule has 0 radical (unpaired) electrons. The number of carbonyl (C=O) groups is 1. The molecule has 3 aromatic carbocycles. The molecule has 3 rings (SSSR count). The first-order chi connectivity index (χ1) is 13.1. The van der Waals surface area contributed by atoms with Gasteiger partial charge in [-0.15, -0.1) is 0 Å². The minimum atomic E-state index is -4.59. The van der Waals surface area contributed by atoms with E-state index in [0.717, 1.165) is 12.1 Å². The highest BCUT2D eigenvalue weighted by Gasteiger charge is 2.21. The molecule has 0 saturated carbocycles. The number of anilines is 1. The Morgan fingerprint density at radius 1 is 1.07 bits per heavy atom. The lowest BCUT2D eigenvalue weighted by molar-refractivity contribution is -0.385. The Morgan fingerprint density at radius 2 is 1.79 bits per heavy atom. The number of hydrogen-bond donors (Lipinski definition) is 3. The number of aryl methyl sites for hydroxylation is 1. The summed E-state index contributed by atoms with van der Waals surface area (Å²) in [7, 11) is -4.59. The number of phenolic OH excluding ortho intramolecular Hbond substituents is 1. The van der Waals surface area contributed by atoms with E-state index in [-0.39, 0.29) is 16.9 Å². The molecule has 3 N–H and O–H groups in total. The minimum absolute atomic E-state index is 0.102. The summed E-state index contributed by atoms with van der Waals surface area (Å²) in [5.74, 6) is -1.33. The van der Waals surface area contributed by atoms with E-state index < -0.39 is 31.6 Å². The minimum Gasteiger partial charge on any atom is -0.506 e. The molecule has 0 fully saturated rings. The number of nitro groups is 1. The maximum atomic E-state index is 12.5. The van der Waals surface area contributed by atoms with Gasteiger partial charge in [0.15, 0.2) is 0 Å². The number of rotatable bonds is 4. The lowest BCUT2D eigenvalue weighted by Gasteiger charge is -2.09. The van der Waals surface area contributed by atoms with Gasteiger partial charge < -0.3 is 10.4 Å². The standard InChI is InChI=1S/C18H14N2O7S/c1-10-2-5-15(20(23)24)14(6-10)18(22)19-13-4-3-11-9-17(28(25,26)27)16(21)8-12(11)7-13/h2-9,21H,1H3,(H,19,22)(H,25,26,27). The highest BCUT2D eigenvalue weighted by molar-refractivity contribution is 7.86. The van der Waals surface area contributed by atoms with E-state index in [2.05, 4.69) is 5.32 Å². The molecular weight excluding hydrogens is 388 g/mol. The van der Waals surface area contributed by atoms with Crippen LogP contribution in [0.15, 0.2) is 53.4 Å². The number of carbonyl (C=O) groups excluding carboxylic acids is 1. The number of amides is 1. The SMILES string of the molecule is Cc1ccc([N+](=O)[O-])c(C(=O)Nc2ccc3cc(S(=O)(=O)O)c(O)cc3c2)c1. The fourth-order valence-electron chi connectivity index (χ4n) is 2.74. The van der Waals surface area contributed by atoms with E-state index in [4.69, 9.17) is 4.55 Å². The van der Waals surface area contributed by atoms with Crippen LogP contribution in [0.25, 0.3) is 10.8 Å². The van der Waals surface area contributed by atoms with Crippen LogP contribution in [0, 0.1) is 17.0 Å². The van der Waals surface area contributed by atoms with E-state index in [0.29, 0.717) is 16.3 Å². The number of phenols is 1. The van der Waals surface area contributed by atoms with Crippen LogP contribution in [0.1, 0.15) is 15.9 Å². The van der Waals surface area contributed by atoms with Gasteiger partial charge in [-0.3, -0.25) is 19.5 Å². The molecule has 0 aromatic heterocycles. The fraction of sp³-hybridized carbons (Fsp3) is 0.0556. The Labute approximate surface area is 159 Å². The van der Waals surface area contributed by atoms with Crippen molar-refractivity contribution in [3.8, 4) is 5.75 Å². The van der Waals surface area contributed by atoms with Crippen molar-refractivity contribution in [1.82, 2.24) is 0 Å². The molecule has 3 aromatic rings. The summed E-state index contributed by atoms with van der Waals surface area (Å²) in [6.07, 6.45) is 0. The van der Waals surface area contributed by atoms with Crippen LogP contribution in [0.3, 0.4) is 0 Å². The van der Waals surface area contributed by atoms with Gasteiger partial charge >= 0.3 is 0 Å². The molecule has 0 aliphatic carbocycles. The van der Waals surface area contributed by atoms with Crippen LogP contribution in [-0.2, 0) is 10.1 Å². The van der Waals surface area contributed by atoms with Gasteiger partial charge in [0.05, 0.1) is 4.92 Å². The van der Waals surface area contributed by atoms with Crippen molar-refractivity contribution in [3.63, 3.8) is 0 Å². The summed E-state index contributed by atoms with van der Waals surface area (Å²) >= 11 is 0. The normalized spacial score (nSPS) is 11.4. The van der Waals surface area contributed by atoms with Crippen molar-refractivity contribution >= 4 is 38.2 Å². The molecule has 144 valence electrons. The number of aromatic hydroxyl groups is 1. The van der Waals surface area contributed by atoms with Gasteiger partial charge in [0.2, 0.25) is 0 Å². The zero-order chi connectivity index (χ0) is 20.6. The second-order valence-electron chi connectivity index (χ2n) is 6.09. The van der Waals surface area contributed by atoms with Crippen molar-refractivity contribution in [2.45, 2.75) is 11.8 Å². The summed E-state index contributed by atoms with van der Waals surface area (Å²) in [5.41, 5.74) is 0.526. The quantitative estimate of drug-likeness (QED) is 0.345. The van der Waals surface area contributed by atoms with Crippen molar-refractivity contribution in [3.05, 3.63) is 69.8 Å². The zero-order valence-corrected chi connectivity index (χ0v) is 15.2. The Hall–Kier alpha value is -3.50. The smallest absolute Gasteiger partial charge is 0.298 e. The molecule has 0 unspecified atom stereocenters. The predicted octanol–water partition coefficient (Wildman–Crippen LogP) is 3.26. The monoisotopic (exact) mass is 402 g/mol. The van der Waals surface area contributed by atoms with E-state index in [9.17, 15) is 28.4 Å². The van der Waals surface area contributed by atoms with Gasteiger partial charge in [0.1, 0.15) is 16.2 Å². The summed E-state index contributed by atoms with van der Waals surface area (Å²) < 4.78 is 31.7.